The minimum absolute atomic E-state index is 0.0571. The van der Waals surface area contributed by atoms with E-state index in [9.17, 15) is 14.4 Å². The van der Waals surface area contributed by atoms with Crippen LogP contribution in [0.1, 0.15) is 12.0 Å². The number of likely N-dealkylation sites (N-methyl/N-ethyl adjacent to an activating group) is 1. The number of carbonyl (C=O) groups excluding carboxylic acids is 3. The first-order chi connectivity index (χ1) is 10.5. The SMILES string of the molecule is Cc1ccccc1OCCN(C)C(=O)CC1NC(=O)NC1=O. The normalized spacial score (nSPS) is 16.9. The van der Waals surface area contributed by atoms with E-state index in [0.29, 0.717) is 13.2 Å². The standard InChI is InChI=1S/C15H19N3O4/c1-10-5-3-4-6-12(10)22-8-7-18(2)13(19)9-11-14(20)17-15(21)16-11/h3-6,11H,7-9H2,1-2H3,(H2,16,17,20,21). The van der Waals surface area contributed by atoms with Crippen molar-refractivity contribution < 1.29 is 19.1 Å². The maximum absolute atomic E-state index is 12.0. The quantitative estimate of drug-likeness (QED) is 0.746. The molecular formula is C15H19N3O4. The monoisotopic (exact) mass is 305 g/mol. The third-order valence-corrected chi connectivity index (χ3v) is 3.44. The number of rotatable bonds is 6. The molecule has 1 heterocycles. The Labute approximate surface area is 128 Å². The van der Waals surface area contributed by atoms with Gasteiger partial charge in [0.15, 0.2) is 0 Å². The molecule has 1 saturated heterocycles. The van der Waals surface area contributed by atoms with Crippen molar-refractivity contribution in [1.29, 1.82) is 0 Å². The first-order valence-corrected chi connectivity index (χ1v) is 7.01. The summed E-state index contributed by atoms with van der Waals surface area (Å²) in [6.45, 7) is 2.71. The van der Waals surface area contributed by atoms with E-state index in [2.05, 4.69) is 10.6 Å². The Morgan fingerprint density at radius 1 is 1.32 bits per heavy atom. The molecule has 1 fully saturated rings. The minimum atomic E-state index is -0.792. The molecule has 2 N–H and O–H groups in total. The van der Waals surface area contributed by atoms with Gasteiger partial charge >= 0.3 is 6.03 Å². The fourth-order valence-corrected chi connectivity index (χ4v) is 2.07. The van der Waals surface area contributed by atoms with Crippen molar-refractivity contribution in [3.05, 3.63) is 29.8 Å². The number of hydrogen-bond donors (Lipinski definition) is 2. The Morgan fingerprint density at radius 2 is 2.05 bits per heavy atom. The number of aryl methyl sites for hydroxylation is 1. The van der Waals surface area contributed by atoms with Gasteiger partial charge in [-0.25, -0.2) is 4.79 Å². The molecule has 4 amide bonds. The summed E-state index contributed by atoms with van der Waals surface area (Å²) in [6.07, 6.45) is -0.0571. The third kappa shape index (κ3) is 3.97. The van der Waals surface area contributed by atoms with E-state index < -0.39 is 18.0 Å². The van der Waals surface area contributed by atoms with Crippen LogP contribution >= 0.6 is 0 Å². The Kier molecular flexibility index (Phi) is 4.98. The highest BCUT2D eigenvalue weighted by Gasteiger charge is 2.31. The van der Waals surface area contributed by atoms with Gasteiger partial charge in [0.2, 0.25) is 5.91 Å². The van der Waals surface area contributed by atoms with Gasteiger partial charge in [-0.15, -0.1) is 0 Å². The lowest BCUT2D eigenvalue weighted by molar-refractivity contribution is -0.133. The maximum Gasteiger partial charge on any atom is 0.322 e. The molecule has 0 bridgehead atoms. The molecule has 0 radical (unpaired) electrons. The van der Waals surface area contributed by atoms with E-state index in [1.54, 1.807) is 7.05 Å². The number of hydrogen-bond acceptors (Lipinski definition) is 4. The van der Waals surface area contributed by atoms with Crippen molar-refractivity contribution >= 4 is 17.8 Å². The highest BCUT2D eigenvalue weighted by molar-refractivity contribution is 6.05. The Hall–Kier alpha value is -2.57. The fraction of sp³-hybridized carbons (Fsp3) is 0.400. The van der Waals surface area contributed by atoms with Crippen LogP contribution in [-0.4, -0.2) is 49.0 Å². The molecule has 0 saturated carbocycles. The number of para-hydroxylation sites is 1. The summed E-state index contributed by atoms with van der Waals surface area (Å²) in [5, 5.41) is 4.50. The van der Waals surface area contributed by atoms with Crippen LogP contribution in [0, 0.1) is 6.92 Å². The van der Waals surface area contributed by atoms with E-state index in [4.69, 9.17) is 4.74 Å². The lowest BCUT2D eigenvalue weighted by Gasteiger charge is -2.19. The van der Waals surface area contributed by atoms with E-state index in [1.165, 1.54) is 4.90 Å². The van der Waals surface area contributed by atoms with Gasteiger partial charge in [0.05, 0.1) is 13.0 Å². The molecule has 7 nitrogen and oxygen atoms in total. The van der Waals surface area contributed by atoms with Gasteiger partial charge in [0.1, 0.15) is 18.4 Å². The van der Waals surface area contributed by atoms with Crippen molar-refractivity contribution in [2.24, 2.45) is 0 Å². The largest absolute Gasteiger partial charge is 0.491 e. The molecule has 0 aromatic heterocycles. The lowest BCUT2D eigenvalue weighted by atomic mass is 10.2. The van der Waals surface area contributed by atoms with Crippen LogP contribution in [0.3, 0.4) is 0 Å². The highest BCUT2D eigenvalue weighted by Crippen LogP contribution is 2.15. The van der Waals surface area contributed by atoms with Crippen LogP contribution in [0.4, 0.5) is 4.79 Å². The van der Waals surface area contributed by atoms with Crippen LogP contribution in [0.2, 0.25) is 0 Å². The van der Waals surface area contributed by atoms with Crippen LogP contribution in [0.5, 0.6) is 5.75 Å². The number of nitrogens with one attached hydrogen (secondary N) is 2. The maximum atomic E-state index is 12.0. The summed E-state index contributed by atoms with van der Waals surface area (Å²) in [7, 11) is 1.64. The van der Waals surface area contributed by atoms with Crippen molar-refractivity contribution in [2.75, 3.05) is 20.2 Å². The molecule has 22 heavy (non-hydrogen) atoms. The number of carbonyl (C=O) groups is 3. The average molecular weight is 305 g/mol. The summed E-state index contributed by atoms with van der Waals surface area (Å²) < 4.78 is 5.62. The van der Waals surface area contributed by atoms with Gasteiger partial charge in [-0.1, -0.05) is 18.2 Å². The van der Waals surface area contributed by atoms with E-state index in [1.807, 2.05) is 31.2 Å². The Morgan fingerprint density at radius 3 is 2.68 bits per heavy atom. The molecule has 0 spiro atoms. The smallest absolute Gasteiger partial charge is 0.322 e. The molecule has 1 aliphatic rings. The van der Waals surface area contributed by atoms with Crippen LogP contribution in [0.25, 0.3) is 0 Å². The van der Waals surface area contributed by atoms with E-state index in [-0.39, 0.29) is 12.3 Å². The van der Waals surface area contributed by atoms with E-state index in [0.717, 1.165) is 11.3 Å². The number of amides is 4. The number of benzene rings is 1. The zero-order valence-corrected chi connectivity index (χ0v) is 12.6. The average Bonchev–Trinajstić information content (AvgIpc) is 2.78. The van der Waals surface area contributed by atoms with Gasteiger partial charge in [-0.3, -0.25) is 14.9 Å². The summed E-state index contributed by atoms with van der Waals surface area (Å²) in [5.41, 5.74) is 1.03. The first-order valence-electron chi connectivity index (χ1n) is 7.01. The number of urea groups is 1. The zero-order chi connectivity index (χ0) is 16.1. The fourth-order valence-electron chi connectivity index (χ4n) is 2.07. The van der Waals surface area contributed by atoms with Gasteiger partial charge in [0, 0.05) is 7.05 Å². The molecule has 1 aliphatic heterocycles. The van der Waals surface area contributed by atoms with Crippen molar-refractivity contribution in [2.45, 2.75) is 19.4 Å². The van der Waals surface area contributed by atoms with Crippen LogP contribution in [-0.2, 0) is 9.59 Å². The predicted octanol–water partition coefficient (Wildman–Crippen LogP) is 0.430. The van der Waals surface area contributed by atoms with Gasteiger partial charge in [-0.2, -0.15) is 0 Å². The number of nitrogens with zero attached hydrogens (tertiary/aromatic N) is 1. The molecule has 7 heteroatoms. The molecule has 1 atom stereocenters. The van der Waals surface area contributed by atoms with Crippen molar-refractivity contribution in [1.82, 2.24) is 15.5 Å². The lowest BCUT2D eigenvalue weighted by Crippen LogP contribution is -2.38. The molecular weight excluding hydrogens is 286 g/mol. The zero-order valence-electron chi connectivity index (χ0n) is 12.6. The second kappa shape index (κ2) is 6.93. The second-order valence-corrected chi connectivity index (χ2v) is 5.15. The Bertz CT molecular complexity index is 588. The van der Waals surface area contributed by atoms with Crippen LogP contribution in [0.15, 0.2) is 24.3 Å². The third-order valence-electron chi connectivity index (χ3n) is 3.44. The molecule has 2 rings (SSSR count). The Balaban J connectivity index is 1.76. The molecule has 1 aromatic rings. The number of imide groups is 1. The van der Waals surface area contributed by atoms with Crippen molar-refractivity contribution in [3.8, 4) is 5.75 Å². The topological polar surface area (TPSA) is 87.7 Å². The van der Waals surface area contributed by atoms with Gasteiger partial charge in [-0.05, 0) is 18.6 Å². The molecule has 118 valence electrons. The highest BCUT2D eigenvalue weighted by atomic mass is 16.5. The molecule has 1 aromatic carbocycles. The molecule has 1 unspecified atom stereocenters. The minimum Gasteiger partial charge on any atom is -0.491 e. The van der Waals surface area contributed by atoms with Crippen molar-refractivity contribution in [3.63, 3.8) is 0 Å². The van der Waals surface area contributed by atoms with Crippen LogP contribution < -0.4 is 15.4 Å². The first kappa shape index (κ1) is 15.8. The summed E-state index contributed by atoms with van der Waals surface area (Å²) in [5.74, 6) is 0.0874. The van der Waals surface area contributed by atoms with Gasteiger partial charge < -0.3 is 15.0 Å². The van der Waals surface area contributed by atoms with E-state index >= 15 is 0 Å². The molecule has 0 aliphatic carbocycles. The second-order valence-electron chi connectivity index (χ2n) is 5.15. The summed E-state index contributed by atoms with van der Waals surface area (Å²) in [4.78, 5) is 35.9. The predicted molar refractivity (Wildman–Crippen MR) is 79.4 cm³/mol. The number of ether oxygens (including phenoxy) is 1. The summed E-state index contributed by atoms with van der Waals surface area (Å²) in [6, 6.07) is 6.28. The summed E-state index contributed by atoms with van der Waals surface area (Å²) >= 11 is 0. The van der Waals surface area contributed by atoms with Gasteiger partial charge in [0.25, 0.3) is 5.91 Å².